The van der Waals surface area contributed by atoms with Crippen molar-refractivity contribution in [1.82, 2.24) is 34.4 Å². The third kappa shape index (κ3) is 3.93. The SMILES string of the molecule is Cc1nn2c(-c3cc4cccnc4nc3-c3ccccn3)cnc2cc1-c1ccc(CN2CCC2)cc1. The maximum absolute atomic E-state index is 4.98. The van der Waals surface area contributed by atoms with Crippen LogP contribution >= 0.6 is 0 Å². The standard InChI is InChI=1S/C30H25N7/c1-20-24(22-10-8-21(9-11-22)19-36-14-5-15-36)17-28-33-18-27(37(28)35-20)25-16-23-6-4-13-32-30(23)34-29(25)26-7-2-3-12-31-26/h2-4,6-13,16-18H,5,14-15,19H2,1H3. The fraction of sp³-hybridized carbons (Fsp3) is 0.167. The van der Waals surface area contributed by atoms with Crippen LogP contribution in [0.1, 0.15) is 17.7 Å². The molecule has 7 heteroatoms. The molecule has 0 saturated carbocycles. The highest BCUT2D eigenvalue weighted by atomic mass is 15.3. The highest BCUT2D eigenvalue weighted by Gasteiger charge is 2.18. The number of nitrogens with zero attached hydrogens (tertiary/aromatic N) is 7. The van der Waals surface area contributed by atoms with Crippen molar-refractivity contribution in [2.24, 2.45) is 0 Å². The Labute approximate surface area is 214 Å². The Morgan fingerprint density at radius 1 is 0.838 bits per heavy atom. The molecular weight excluding hydrogens is 458 g/mol. The van der Waals surface area contributed by atoms with Crippen molar-refractivity contribution in [2.45, 2.75) is 19.9 Å². The summed E-state index contributed by atoms with van der Waals surface area (Å²) in [4.78, 5) is 21.1. The lowest BCUT2D eigenvalue weighted by Crippen LogP contribution is -2.36. The van der Waals surface area contributed by atoms with E-state index in [0.29, 0.717) is 5.65 Å². The lowest BCUT2D eigenvalue weighted by Gasteiger charge is -2.30. The van der Waals surface area contributed by atoms with Crippen molar-refractivity contribution < 1.29 is 0 Å². The Bertz CT molecular complexity index is 1740. The molecule has 1 aliphatic rings. The summed E-state index contributed by atoms with van der Waals surface area (Å²) in [6.45, 7) is 5.48. The number of imidazole rings is 1. The van der Waals surface area contributed by atoms with Gasteiger partial charge in [0.15, 0.2) is 11.3 Å². The summed E-state index contributed by atoms with van der Waals surface area (Å²) in [5.74, 6) is 0. The van der Waals surface area contributed by atoms with Gasteiger partial charge in [0.25, 0.3) is 0 Å². The van der Waals surface area contributed by atoms with Crippen LogP contribution in [0.3, 0.4) is 0 Å². The number of aromatic nitrogens is 6. The topological polar surface area (TPSA) is 72.1 Å². The number of aryl methyl sites for hydroxylation is 1. The maximum Gasteiger partial charge on any atom is 0.159 e. The van der Waals surface area contributed by atoms with Gasteiger partial charge < -0.3 is 0 Å². The van der Waals surface area contributed by atoms with Crippen molar-refractivity contribution in [2.75, 3.05) is 13.1 Å². The van der Waals surface area contributed by atoms with E-state index in [0.717, 1.165) is 57.0 Å². The van der Waals surface area contributed by atoms with Crippen LogP contribution in [-0.4, -0.2) is 47.5 Å². The van der Waals surface area contributed by atoms with Crippen LogP contribution in [0.15, 0.2) is 85.3 Å². The molecule has 0 radical (unpaired) electrons. The molecular formula is C30H25N7. The predicted octanol–water partition coefficient (Wildman–Crippen LogP) is 5.58. The summed E-state index contributed by atoms with van der Waals surface area (Å²) in [7, 11) is 0. The smallest absolute Gasteiger partial charge is 0.159 e. The monoisotopic (exact) mass is 483 g/mol. The van der Waals surface area contributed by atoms with Gasteiger partial charge in [0.05, 0.1) is 23.3 Å². The Balaban J connectivity index is 1.33. The van der Waals surface area contributed by atoms with Gasteiger partial charge in [0, 0.05) is 35.5 Å². The van der Waals surface area contributed by atoms with Crippen molar-refractivity contribution in [3.8, 4) is 33.8 Å². The largest absolute Gasteiger partial charge is 0.299 e. The minimum absolute atomic E-state index is 0.685. The van der Waals surface area contributed by atoms with Crippen LogP contribution in [-0.2, 0) is 6.54 Å². The average molecular weight is 484 g/mol. The summed E-state index contributed by atoms with van der Waals surface area (Å²) in [6, 6.07) is 22.8. The average Bonchev–Trinajstić information content (AvgIpc) is 3.33. The highest BCUT2D eigenvalue weighted by molar-refractivity contribution is 5.89. The molecule has 7 rings (SSSR count). The van der Waals surface area contributed by atoms with Crippen LogP contribution in [0.25, 0.3) is 50.5 Å². The Morgan fingerprint density at radius 2 is 1.70 bits per heavy atom. The zero-order valence-corrected chi connectivity index (χ0v) is 20.5. The molecule has 6 aromatic rings. The van der Waals surface area contributed by atoms with Crippen LogP contribution < -0.4 is 0 Å². The summed E-state index contributed by atoms with van der Waals surface area (Å²) < 4.78 is 1.91. The molecule has 180 valence electrons. The van der Waals surface area contributed by atoms with Crippen LogP contribution in [0, 0.1) is 6.92 Å². The first-order valence-electron chi connectivity index (χ1n) is 12.6. The quantitative estimate of drug-likeness (QED) is 0.319. The van der Waals surface area contributed by atoms with E-state index in [1.165, 1.54) is 25.1 Å². The van der Waals surface area contributed by atoms with E-state index < -0.39 is 0 Å². The number of fused-ring (bicyclic) bond motifs is 2. The van der Waals surface area contributed by atoms with Gasteiger partial charge >= 0.3 is 0 Å². The third-order valence-corrected chi connectivity index (χ3v) is 7.07. The number of pyridine rings is 3. The molecule has 6 heterocycles. The number of hydrogen-bond donors (Lipinski definition) is 0. The molecule has 0 N–H and O–H groups in total. The number of benzene rings is 1. The van der Waals surface area contributed by atoms with Crippen molar-refractivity contribution in [3.63, 3.8) is 0 Å². The zero-order valence-electron chi connectivity index (χ0n) is 20.5. The zero-order chi connectivity index (χ0) is 24.8. The Morgan fingerprint density at radius 3 is 2.49 bits per heavy atom. The predicted molar refractivity (Wildman–Crippen MR) is 145 cm³/mol. The van der Waals surface area contributed by atoms with Gasteiger partial charge in [-0.05, 0) is 74.0 Å². The number of likely N-dealkylation sites (tertiary alicyclic amines) is 1. The molecule has 5 aromatic heterocycles. The van der Waals surface area contributed by atoms with Gasteiger partial charge in [-0.2, -0.15) is 5.10 Å². The first kappa shape index (κ1) is 21.8. The van der Waals surface area contributed by atoms with E-state index in [1.54, 1.807) is 12.4 Å². The second-order valence-corrected chi connectivity index (χ2v) is 9.53. The molecule has 1 aromatic carbocycles. The van der Waals surface area contributed by atoms with Crippen LogP contribution in [0.4, 0.5) is 0 Å². The van der Waals surface area contributed by atoms with E-state index in [4.69, 9.17) is 15.1 Å². The first-order chi connectivity index (χ1) is 18.2. The lowest BCUT2D eigenvalue weighted by atomic mass is 10.0. The van der Waals surface area contributed by atoms with Crippen LogP contribution in [0.5, 0.6) is 0 Å². The molecule has 0 aliphatic carbocycles. The van der Waals surface area contributed by atoms with E-state index in [-0.39, 0.29) is 0 Å². The molecule has 0 amide bonds. The lowest BCUT2D eigenvalue weighted by molar-refractivity contribution is 0.172. The Hall–Kier alpha value is -4.49. The molecule has 0 atom stereocenters. The summed E-state index contributed by atoms with van der Waals surface area (Å²) in [6.07, 6.45) is 6.72. The molecule has 37 heavy (non-hydrogen) atoms. The van der Waals surface area contributed by atoms with Gasteiger partial charge in [-0.3, -0.25) is 9.88 Å². The van der Waals surface area contributed by atoms with E-state index in [9.17, 15) is 0 Å². The van der Waals surface area contributed by atoms with Gasteiger partial charge in [-0.1, -0.05) is 30.3 Å². The summed E-state index contributed by atoms with van der Waals surface area (Å²) in [5.41, 5.74) is 9.33. The molecule has 1 saturated heterocycles. The second-order valence-electron chi connectivity index (χ2n) is 9.53. The van der Waals surface area contributed by atoms with E-state index >= 15 is 0 Å². The molecule has 0 bridgehead atoms. The summed E-state index contributed by atoms with van der Waals surface area (Å²) >= 11 is 0. The molecule has 1 aliphatic heterocycles. The fourth-order valence-electron chi connectivity index (χ4n) is 4.96. The third-order valence-electron chi connectivity index (χ3n) is 7.07. The number of hydrogen-bond acceptors (Lipinski definition) is 6. The van der Waals surface area contributed by atoms with Gasteiger partial charge in [0.2, 0.25) is 0 Å². The van der Waals surface area contributed by atoms with Gasteiger partial charge in [0.1, 0.15) is 5.69 Å². The van der Waals surface area contributed by atoms with E-state index in [2.05, 4.69) is 58.2 Å². The van der Waals surface area contributed by atoms with Gasteiger partial charge in [-0.15, -0.1) is 0 Å². The molecule has 1 fully saturated rings. The molecule has 0 spiro atoms. The Kier molecular flexibility index (Phi) is 5.22. The minimum atomic E-state index is 0.685. The maximum atomic E-state index is 4.98. The second kappa shape index (κ2) is 8.87. The van der Waals surface area contributed by atoms with Crippen molar-refractivity contribution in [1.29, 1.82) is 0 Å². The molecule has 0 unspecified atom stereocenters. The fourth-order valence-corrected chi connectivity index (χ4v) is 4.96. The number of rotatable bonds is 5. The van der Waals surface area contributed by atoms with Crippen molar-refractivity contribution >= 4 is 16.7 Å². The molecule has 7 nitrogen and oxygen atoms in total. The first-order valence-corrected chi connectivity index (χ1v) is 12.6. The van der Waals surface area contributed by atoms with E-state index in [1.807, 2.05) is 41.0 Å². The normalized spacial score (nSPS) is 13.8. The minimum Gasteiger partial charge on any atom is -0.299 e. The van der Waals surface area contributed by atoms with Crippen molar-refractivity contribution in [3.05, 3.63) is 96.6 Å². The highest BCUT2D eigenvalue weighted by Crippen LogP contribution is 2.33. The van der Waals surface area contributed by atoms with Gasteiger partial charge in [-0.25, -0.2) is 19.5 Å². The summed E-state index contributed by atoms with van der Waals surface area (Å²) in [5, 5.41) is 5.94. The van der Waals surface area contributed by atoms with Crippen LogP contribution in [0.2, 0.25) is 0 Å².